The van der Waals surface area contributed by atoms with Crippen LogP contribution in [0.25, 0.3) is 0 Å². The second kappa shape index (κ2) is 7.43. The zero-order valence-electron chi connectivity index (χ0n) is 14.0. The van der Waals surface area contributed by atoms with Gasteiger partial charge in [0.05, 0.1) is 6.10 Å². The van der Waals surface area contributed by atoms with E-state index in [1.807, 2.05) is 6.07 Å². The van der Waals surface area contributed by atoms with E-state index in [1.165, 1.54) is 5.56 Å². The molecule has 0 aliphatic carbocycles. The summed E-state index contributed by atoms with van der Waals surface area (Å²) in [4.78, 5) is 15.8. The summed E-state index contributed by atoms with van der Waals surface area (Å²) >= 11 is 0. The van der Waals surface area contributed by atoms with E-state index >= 15 is 0 Å². The van der Waals surface area contributed by atoms with E-state index in [0.29, 0.717) is 6.04 Å². The molecule has 3 atom stereocenters. The Kier molecular flexibility index (Phi) is 5.30. The van der Waals surface area contributed by atoms with Gasteiger partial charge in [0.25, 0.3) is 0 Å². The first-order valence-corrected chi connectivity index (χ1v) is 8.36. The quantitative estimate of drug-likeness (QED) is 0.825. The summed E-state index contributed by atoms with van der Waals surface area (Å²) in [6.07, 6.45) is 2.30. The van der Waals surface area contributed by atoms with Crippen LogP contribution in [0.15, 0.2) is 30.3 Å². The Labute approximate surface area is 138 Å². The predicted octanol–water partition coefficient (Wildman–Crippen LogP) is 1.52. The molecule has 2 saturated heterocycles. The smallest absolute Gasteiger partial charge is 0.248 e. The number of amides is 1. The van der Waals surface area contributed by atoms with Crippen molar-refractivity contribution in [2.45, 2.75) is 37.6 Å². The van der Waals surface area contributed by atoms with Crippen molar-refractivity contribution in [1.29, 1.82) is 0 Å². The average molecular weight is 318 g/mol. The molecule has 0 spiro atoms. The molecule has 2 aliphatic rings. The van der Waals surface area contributed by atoms with Crippen molar-refractivity contribution < 1.29 is 14.3 Å². The Morgan fingerprint density at radius 3 is 2.87 bits per heavy atom. The highest BCUT2D eigenvalue weighted by molar-refractivity contribution is 5.76. The Bertz CT molecular complexity index is 520. The number of rotatable bonds is 5. The molecule has 0 N–H and O–H groups in total. The molecule has 3 rings (SSSR count). The summed E-state index contributed by atoms with van der Waals surface area (Å²) in [7, 11) is 3.50. The maximum Gasteiger partial charge on any atom is 0.248 e. The van der Waals surface area contributed by atoms with E-state index < -0.39 is 0 Å². The molecule has 2 aliphatic heterocycles. The van der Waals surface area contributed by atoms with Crippen molar-refractivity contribution in [3.63, 3.8) is 0 Å². The fourth-order valence-corrected chi connectivity index (χ4v) is 3.46. The largest absolute Gasteiger partial charge is 0.374 e. The first-order chi connectivity index (χ1) is 11.1. The average Bonchev–Trinajstić information content (AvgIpc) is 2.91. The Balaban J connectivity index is 1.64. The number of likely N-dealkylation sites (tertiary alicyclic amines) is 1. The van der Waals surface area contributed by atoms with Crippen LogP contribution >= 0.6 is 0 Å². The number of fused-ring (bicyclic) bond motifs is 1. The highest BCUT2D eigenvalue weighted by Gasteiger charge is 2.44. The van der Waals surface area contributed by atoms with E-state index in [1.54, 1.807) is 19.0 Å². The number of likely N-dealkylation sites (N-methyl/N-ethyl adjacent to an activating group) is 1. The molecule has 23 heavy (non-hydrogen) atoms. The van der Waals surface area contributed by atoms with Crippen molar-refractivity contribution >= 4 is 5.91 Å². The topological polar surface area (TPSA) is 42.0 Å². The summed E-state index contributed by atoms with van der Waals surface area (Å²) in [5.74, 6) is -0.00105. The molecular weight excluding hydrogens is 292 g/mol. The minimum absolute atomic E-state index is 0.00105. The maximum atomic E-state index is 11.8. The number of carbonyl (C=O) groups excluding carboxylic acids is 1. The predicted molar refractivity (Wildman–Crippen MR) is 88.0 cm³/mol. The van der Waals surface area contributed by atoms with Crippen LogP contribution in [0.5, 0.6) is 0 Å². The first kappa shape index (κ1) is 16.4. The van der Waals surface area contributed by atoms with Crippen LogP contribution in [0.4, 0.5) is 0 Å². The van der Waals surface area contributed by atoms with Gasteiger partial charge in [-0.05, 0) is 18.4 Å². The molecular formula is C18H26N2O3. The van der Waals surface area contributed by atoms with E-state index in [0.717, 1.165) is 32.5 Å². The third kappa shape index (κ3) is 3.91. The van der Waals surface area contributed by atoms with Gasteiger partial charge in [0.1, 0.15) is 12.7 Å². The van der Waals surface area contributed by atoms with Crippen LogP contribution in [-0.2, 0) is 20.8 Å². The fraction of sp³-hybridized carbons (Fsp3) is 0.611. The monoisotopic (exact) mass is 318 g/mol. The van der Waals surface area contributed by atoms with Gasteiger partial charge in [-0.15, -0.1) is 0 Å². The lowest BCUT2D eigenvalue weighted by molar-refractivity contribution is -0.139. The van der Waals surface area contributed by atoms with Crippen molar-refractivity contribution in [2.75, 3.05) is 33.9 Å². The molecule has 5 nitrogen and oxygen atoms in total. The zero-order chi connectivity index (χ0) is 16.2. The highest BCUT2D eigenvalue weighted by atomic mass is 16.5. The molecule has 5 heteroatoms. The van der Waals surface area contributed by atoms with Crippen molar-refractivity contribution in [1.82, 2.24) is 9.80 Å². The second-order valence-corrected chi connectivity index (χ2v) is 6.60. The lowest BCUT2D eigenvalue weighted by atomic mass is 10.0. The second-order valence-electron chi connectivity index (χ2n) is 6.60. The van der Waals surface area contributed by atoms with Gasteiger partial charge in [-0.3, -0.25) is 9.69 Å². The zero-order valence-corrected chi connectivity index (χ0v) is 14.0. The molecule has 0 bridgehead atoms. The molecule has 1 amide bonds. The molecule has 2 fully saturated rings. The minimum Gasteiger partial charge on any atom is -0.374 e. The number of benzene rings is 1. The first-order valence-electron chi connectivity index (χ1n) is 8.36. The standard InChI is InChI=1S/C18H26N2O3/c1-19(2)17(21)13-23-16-12-20(11-14-7-4-3-5-8-14)15-9-6-10-22-18(15)16/h3-5,7-8,15-16,18H,6,9-13H2,1-2H3/t15-,16+,18+/m1/s1. The van der Waals surface area contributed by atoms with E-state index in [2.05, 4.69) is 29.2 Å². The molecule has 0 aromatic heterocycles. The van der Waals surface area contributed by atoms with Crippen LogP contribution in [-0.4, -0.2) is 67.8 Å². The minimum atomic E-state index is -0.0205. The number of carbonyl (C=O) groups is 1. The van der Waals surface area contributed by atoms with Gasteiger partial charge in [-0.25, -0.2) is 0 Å². The van der Waals surface area contributed by atoms with Gasteiger partial charge in [0.15, 0.2) is 0 Å². The number of nitrogens with zero attached hydrogens (tertiary/aromatic N) is 2. The number of hydrogen-bond acceptors (Lipinski definition) is 4. The van der Waals surface area contributed by atoms with E-state index in [9.17, 15) is 4.79 Å². The summed E-state index contributed by atoms with van der Waals surface area (Å²) in [5.41, 5.74) is 1.31. The van der Waals surface area contributed by atoms with Gasteiger partial charge in [0.2, 0.25) is 5.91 Å². The van der Waals surface area contributed by atoms with Crippen LogP contribution < -0.4 is 0 Å². The van der Waals surface area contributed by atoms with Gasteiger partial charge in [-0.1, -0.05) is 30.3 Å². The highest BCUT2D eigenvalue weighted by Crippen LogP contribution is 2.31. The van der Waals surface area contributed by atoms with Crippen LogP contribution in [0.3, 0.4) is 0 Å². The molecule has 2 heterocycles. The van der Waals surface area contributed by atoms with E-state index in [4.69, 9.17) is 9.47 Å². The third-order valence-electron chi connectivity index (χ3n) is 4.73. The fourth-order valence-electron chi connectivity index (χ4n) is 3.46. The van der Waals surface area contributed by atoms with Crippen molar-refractivity contribution in [3.05, 3.63) is 35.9 Å². The molecule has 126 valence electrons. The van der Waals surface area contributed by atoms with E-state index in [-0.39, 0.29) is 24.7 Å². The van der Waals surface area contributed by atoms with Gasteiger partial charge in [0, 0.05) is 39.8 Å². The molecule has 0 unspecified atom stereocenters. The summed E-state index contributed by atoms with van der Waals surface area (Å²) in [6, 6.07) is 10.9. The Morgan fingerprint density at radius 1 is 1.35 bits per heavy atom. The van der Waals surface area contributed by atoms with Gasteiger partial charge in [-0.2, -0.15) is 0 Å². The van der Waals surface area contributed by atoms with Crippen LogP contribution in [0.1, 0.15) is 18.4 Å². The molecule has 1 aromatic carbocycles. The maximum absolute atomic E-state index is 11.8. The SMILES string of the molecule is CN(C)C(=O)CO[C@H]1CN(Cc2ccccc2)[C@@H]2CCCO[C@H]12. The van der Waals surface area contributed by atoms with Crippen molar-refractivity contribution in [2.24, 2.45) is 0 Å². The number of hydrogen-bond donors (Lipinski definition) is 0. The summed E-state index contributed by atoms with van der Waals surface area (Å²) in [6.45, 7) is 2.66. The molecule has 1 aromatic rings. The molecule has 0 radical (unpaired) electrons. The Hall–Kier alpha value is -1.43. The third-order valence-corrected chi connectivity index (χ3v) is 4.73. The van der Waals surface area contributed by atoms with Gasteiger partial charge < -0.3 is 14.4 Å². The molecule has 0 saturated carbocycles. The summed E-state index contributed by atoms with van der Waals surface area (Å²) in [5, 5.41) is 0. The number of ether oxygens (including phenoxy) is 2. The lowest BCUT2D eigenvalue weighted by Crippen LogP contribution is -2.42. The summed E-state index contributed by atoms with van der Waals surface area (Å²) < 4.78 is 11.9. The normalized spacial score (nSPS) is 27.7. The van der Waals surface area contributed by atoms with Crippen LogP contribution in [0.2, 0.25) is 0 Å². The lowest BCUT2D eigenvalue weighted by Gasteiger charge is -2.32. The Morgan fingerprint density at radius 2 is 2.13 bits per heavy atom. The van der Waals surface area contributed by atoms with Crippen molar-refractivity contribution in [3.8, 4) is 0 Å². The van der Waals surface area contributed by atoms with Gasteiger partial charge >= 0.3 is 0 Å². The van der Waals surface area contributed by atoms with Crippen LogP contribution in [0, 0.1) is 0 Å².